The molecule has 0 saturated carbocycles. The van der Waals surface area contributed by atoms with Gasteiger partial charge >= 0.3 is 12.0 Å². The zero-order chi connectivity index (χ0) is 29.1. The van der Waals surface area contributed by atoms with Gasteiger partial charge in [0.15, 0.2) is 6.10 Å². The van der Waals surface area contributed by atoms with E-state index < -0.39 is 40.9 Å². The van der Waals surface area contributed by atoms with Crippen LogP contribution in [0.4, 0.5) is 13.6 Å². The van der Waals surface area contributed by atoms with E-state index in [4.69, 9.17) is 16.3 Å². The van der Waals surface area contributed by atoms with Crippen LogP contribution in [-0.2, 0) is 25.0 Å². The largest absolute Gasteiger partial charge is 0.434 e. The van der Waals surface area contributed by atoms with Gasteiger partial charge < -0.3 is 20.2 Å². The lowest BCUT2D eigenvalue weighted by molar-refractivity contribution is -0.126. The Morgan fingerprint density at radius 1 is 1.23 bits per heavy atom. The number of hydrogen-bond acceptors (Lipinski definition) is 6. The second-order valence-corrected chi connectivity index (χ2v) is 10.9. The summed E-state index contributed by atoms with van der Waals surface area (Å²) in [6.07, 6.45) is -0.0773. The number of carbonyl (C=O) groups excluding carboxylic acids is 4. The molecule has 2 aromatic rings. The van der Waals surface area contributed by atoms with E-state index in [-0.39, 0.29) is 28.8 Å². The number of alkyl halides is 2. The first-order valence-electron chi connectivity index (χ1n) is 13.0. The molecule has 2 aromatic carbocycles. The highest BCUT2D eigenvalue weighted by Crippen LogP contribution is 2.43. The van der Waals surface area contributed by atoms with Crippen LogP contribution in [0.2, 0.25) is 5.02 Å². The molecule has 12 heteroatoms. The minimum atomic E-state index is -3.63. The van der Waals surface area contributed by atoms with Crippen molar-refractivity contribution in [2.45, 2.75) is 62.3 Å². The van der Waals surface area contributed by atoms with Crippen LogP contribution in [0.1, 0.15) is 56.3 Å². The Kier molecular flexibility index (Phi) is 11.8. The average molecular weight is 596 g/mol. The number of unbranched alkanes of at least 4 members (excludes halogenated alkanes) is 1. The first-order valence-corrected chi connectivity index (χ1v) is 14.3. The van der Waals surface area contributed by atoms with E-state index in [1.165, 1.54) is 30.3 Å². The monoisotopic (exact) mass is 595 g/mol. The molecule has 3 N–H and O–H groups in total. The van der Waals surface area contributed by atoms with Crippen molar-refractivity contribution < 1.29 is 32.7 Å². The molecule has 0 aromatic heterocycles. The molecule has 216 valence electrons. The SMILES string of the molecule is CCCC[C@H](SNC(=O)O[C@@H](c1ccccc1)C(F)(F)c1cccc(Cl)c1)C(=O)N[C@H](C=O)C[C@@H]1CCNC1=O. The molecule has 4 atom stereocenters. The molecule has 1 fully saturated rings. The first kappa shape index (κ1) is 31.3. The highest BCUT2D eigenvalue weighted by molar-refractivity contribution is 7.99. The van der Waals surface area contributed by atoms with Gasteiger partial charge in [-0.1, -0.05) is 73.8 Å². The van der Waals surface area contributed by atoms with E-state index in [1.54, 1.807) is 18.2 Å². The lowest BCUT2D eigenvalue weighted by atomic mass is 9.97. The smallest absolute Gasteiger partial charge is 0.418 e. The molecular weight excluding hydrogens is 564 g/mol. The van der Waals surface area contributed by atoms with Crippen molar-refractivity contribution in [1.29, 1.82) is 0 Å². The summed E-state index contributed by atoms with van der Waals surface area (Å²) in [6.45, 7) is 2.45. The van der Waals surface area contributed by atoms with Gasteiger partial charge in [0.1, 0.15) is 11.5 Å². The van der Waals surface area contributed by atoms with E-state index in [9.17, 15) is 19.2 Å². The van der Waals surface area contributed by atoms with E-state index in [0.717, 1.165) is 24.4 Å². The molecule has 0 unspecified atom stereocenters. The van der Waals surface area contributed by atoms with Crippen molar-refractivity contribution >= 4 is 47.7 Å². The fourth-order valence-corrected chi connectivity index (χ4v) is 5.25. The number of ether oxygens (including phenoxy) is 1. The predicted molar refractivity (Wildman–Crippen MR) is 149 cm³/mol. The number of hydrogen-bond donors (Lipinski definition) is 3. The Morgan fingerprint density at radius 3 is 2.60 bits per heavy atom. The molecule has 3 rings (SSSR count). The summed E-state index contributed by atoms with van der Waals surface area (Å²) in [4.78, 5) is 49.2. The van der Waals surface area contributed by atoms with E-state index >= 15 is 8.78 Å². The summed E-state index contributed by atoms with van der Waals surface area (Å²) in [5.41, 5.74) is -0.358. The normalized spacial score (nSPS) is 17.3. The minimum absolute atomic E-state index is 0.0673. The Bertz CT molecular complexity index is 1170. The third-order valence-electron chi connectivity index (χ3n) is 6.46. The zero-order valence-electron chi connectivity index (χ0n) is 21.9. The van der Waals surface area contributed by atoms with Gasteiger partial charge in [-0.15, -0.1) is 0 Å². The fraction of sp³-hybridized carbons (Fsp3) is 0.429. The van der Waals surface area contributed by atoms with Gasteiger partial charge in [0.25, 0.3) is 0 Å². The maximum atomic E-state index is 15.6. The van der Waals surface area contributed by atoms with Crippen LogP contribution in [0.5, 0.6) is 0 Å². The Balaban J connectivity index is 1.69. The average Bonchev–Trinajstić information content (AvgIpc) is 3.35. The highest BCUT2D eigenvalue weighted by atomic mass is 35.5. The first-order chi connectivity index (χ1) is 19.1. The van der Waals surface area contributed by atoms with Crippen LogP contribution < -0.4 is 15.4 Å². The zero-order valence-corrected chi connectivity index (χ0v) is 23.5. The molecule has 0 bridgehead atoms. The van der Waals surface area contributed by atoms with Gasteiger partial charge in [-0.25, -0.2) is 4.79 Å². The van der Waals surface area contributed by atoms with Gasteiger partial charge in [0.2, 0.25) is 11.8 Å². The van der Waals surface area contributed by atoms with Gasteiger partial charge in [-0.2, -0.15) is 8.78 Å². The lowest BCUT2D eigenvalue weighted by Crippen LogP contribution is -2.43. The van der Waals surface area contributed by atoms with Crippen LogP contribution in [0.25, 0.3) is 0 Å². The minimum Gasteiger partial charge on any atom is -0.434 e. The van der Waals surface area contributed by atoms with E-state index in [2.05, 4.69) is 15.4 Å². The third-order valence-corrected chi connectivity index (χ3v) is 7.71. The molecule has 40 heavy (non-hydrogen) atoms. The highest BCUT2D eigenvalue weighted by Gasteiger charge is 2.45. The number of benzene rings is 2. The number of nitrogens with one attached hydrogen (secondary N) is 3. The van der Waals surface area contributed by atoms with Gasteiger partial charge in [0, 0.05) is 23.0 Å². The van der Waals surface area contributed by atoms with Crippen LogP contribution >= 0.6 is 23.5 Å². The number of aldehydes is 1. The molecule has 3 amide bonds. The Hall–Kier alpha value is -3.18. The second kappa shape index (κ2) is 15.0. The van der Waals surface area contributed by atoms with Crippen LogP contribution in [0, 0.1) is 5.92 Å². The molecule has 1 aliphatic heterocycles. The van der Waals surface area contributed by atoms with E-state index in [0.29, 0.717) is 32.1 Å². The number of rotatable bonds is 14. The number of amides is 3. The summed E-state index contributed by atoms with van der Waals surface area (Å²) < 4.78 is 38.8. The third kappa shape index (κ3) is 8.66. The summed E-state index contributed by atoms with van der Waals surface area (Å²) in [6, 6.07) is 11.9. The number of carbonyl (C=O) groups is 4. The topological polar surface area (TPSA) is 114 Å². The summed E-state index contributed by atoms with van der Waals surface area (Å²) in [7, 11) is 0. The molecule has 1 saturated heterocycles. The van der Waals surface area contributed by atoms with Crippen molar-refractivity contribution in [3.8, 4) is 0 Å². The fourth-order valence-electron chi connectivity index (χ4n) is 4.31. The van der Waals surface area contributed by atoms with Gasteiger partial charge in [0.05, 0.1) is 6.04 Å². The summed E-state index contributed by atoms with van der Waals surface area (Å²) in [5, 5.41) is 4.61. The van der Waals surface area contributed by atoms with Crippen LogP contribution in [0.3, 0.4) is 0 Å². The molecule has 1 aliphatic rings. The van der Waals surface area contributed by atoms with Crippen LogP contribution in [-0.4, -0.2) is 42.0 Å². The van der Waals surface area contributed by atoms with Crippen molar-refractivity contribution in [2.75, 3.05) is 6.54 Å². The van der Waals surface area contributed by atoms with Crippen molar-refractivity contribution in [3.05, 3.63) is 70.7 Å². The van der Waals surface area contributed by atoms with E-state index in [1.807, 2.05) is 6.92 Å². The Labute approximate surface area is 241 Å². The van der Waals surface area contributed by atoms with Gasteiger partial charge in [-0.3, -0.25) is 14.3 Å². The summed E-state index contributed by atoms with van der Waals surface area (Å²) in [5.74, 6) is -4.68. The van der Waals surface area contributed by atoms with Crippen molar-refractivity contribution in [2.24, 2.45) is 5.92 Å². The predicted octanol–water partition coefficient (Wildman–Crippen LogP) is 5.32. The molecule has 0 aliphatic carbocycles. The molecule has 1 heterocycles. The molecular formula is C28H32ClF2N3O5S. The molecule has 8 nitrogen and oxygen atoms in total. The van der Waals surface area contributed by atoms with Gasteiger partial charge in [-0.05, 0) is 48.9 Å². The summed E-state index contributed by atoms with van der Waals surface area (Å²) >= 11 is 6.65. The second-order valence-electron chi connectivity index (χ2n) is 9.44. The molecule has 0 radical (unpaired) electrons. The quantitative estimate of drug-likeness (QED) is 0.201. The maximum absolute atomic E-state index is 15.6. The molecule has 0 spiro atoms. The van der Waals surface area contributed by atoms with Crippen molar-refractivity contribution in [1.82, 2.24) is 15.4 Å². The standard InChI is InChI=1S/C28H32ClF2N3O5S/c1-2-3-12-23(26(37)33-22(17-35)15-19-13-14-32-25(19)36)40-34-27(38)39-24(18-8-5-4-6-9-18)28(30,31)20-10-7-11-21(29)16-20/h4-11,16-17,19,22-24H,2-3,12-15H2,1H3,(H,32,36)(H,33,37)(H,34,38)/t19-,22-,23-,24-/m0/s1. The maximum Gasteiger partial charge on any atom is 0.418 e. The van der Waals surface area contributed by atoms with Crippen molar-refractivity contribution in [3.63, 3.8) is 0 Å². The van der Waals surface area contributed by atoms with Crippen LogP contribution in [0.15, 0.2) is 54.6 Å². The Morgan fingerprint density at radius 2 is 1.98 bits per heavy atom. The number of halogens is 3. The lowest BCUT2D eigenvalue weighted by Gasteiger charge is -2.28.